The molecule has 2 aliphatic rings. The number of carboxylic acids is 1. The SMILES string of the molecule is CC(=O)N[C@H]1[C@@H]2OC[C@@H](O2)[C@@H](OC(c2ccccc2)(c2ccccc2)c2ccccc2)[C@@H]1O[C@H](C)C(=O)O. The molecule has 8 nitrogen and oxygen atoms in total. The molecule has 5 rings (SSSR count). The van der Waals surface area contributed by atoms with E-state index in [1.807, 2.05) is 91.0 Å². The molecule has 0 saturated carbocycles. The summed E-state index contributed by atoms with van der Waals surface area (Å²) in [5, 5.41) is 12.5. The van der Waals surface area contributed by atoms with Crippen molar-refractivity contribution in [1.29, 1.82) is 0 Å². The van der Waals surface area contributed by atoms with Crippen molar-refractivity contribution in [3.05, 3.63) is 108 Å². The lowest BCUT2D eigenvalue weighted by atomic mass is 9.79. The Bertz CT molecular complexity index is 1140. The monoisotopic (exact) mass is 517 g/mol. The zero-order chi connectivity index (χ0) is 26.7. The molecule has 2 fully saturated rings. The second-order valence-corrected chi connectivity index (χ2v) is 9.55. The molecule has 2 heterocycles. The van der Waals surface area contributed by atoms with E-state index in [0.29, 0.717) is 0 Å². The van der Waals surface area contributed by atoms with Crippen molar-refractivity contribution in [1.82, 2.24) is 5.32 Å². The minimum atomic E-state index is -1.15. The molecule has 0 spiro atoms. The number of carboxylic acid groups (broad SMARTS) is 1. The van der Waals surface area contributed by atoms with Gasteiger partial charge in [0.05, 0.1) is 6.61 Å². The molecule has 0 aromatic heterocycles. The van der Waals surface area contributed by atoms with Crippen LogP contribution in [0.4, 0.5) is 0 Å². The summed E-state index contributed by atoms with van der Waals surface area (Å²) < 4.78 is 25.4. The maximum Gasteiger partial charge on any atom is 0.332 e. The molecule has 0 aliphatic carbocycles. The van der Waals surface area contributed by atoms with E-state index in [2.05, 4.69) is 5.32 Å². The number of hydrogen-bond acceptors (Lipinski definition) is 6. The lowest BCUT2D eigenvalue weighted by Gasteiger charge is -2.46. The number of benzene rings is 3. The molecule has 2 bridgehead atoms. The Morgan fingerprint density at radius 1 is 0.895 bits per heavy atom. The third kappa shape index (κ3) is 4.96. The highest BCUT2D eigenvalue weighted by Gasteiger charge is 2.56. The van der Waals surface area contributed by atoms with Gasteiger partial charge in [0.25, 0.3) is 0 Å². The fraction of sp³-hybridized carbons (Fsp3) is 0.333. The number of amides is 1. The van der Waals surface area contributed by atoms with E-state index in [1.54, 1.807) is 0 Å². The van der Waals surface area contributed by atoms with Crippen LogP contribution in [0.3, 0.4) is 0 Å². The van der Waals surface area contributed by atoms with Crippen molar-refractivity contribution in [3.8, 4) is 0 Å². The van der Waals surface area contributed by atoms with E-state index in [9.17, 15) is 14.7 Å². The fourth-order valence-corrected chi connectivity index (χ4v) is 5.28. The summed E-state index contributed by atoms with van der Waals surface area (Å²) in [6.07, 6.45) is -4.15. The molecular formula is C30H31NO7. The maximum absolute atomic E-state index is 12.2. The van der Waals surface area contributed by atoms with E-state index in [1.165, 1.54) is 13.8 Å². The number of carbonyl (C=O) groups excluding carboxylic acids is 1. The normalized spacial score (nSPS) is 25.5. The Morgan fingerprint density at radius 3 is 1.84 bits per heavy atom. The third-order valence-corrected chi connectivity index (χ3v) is 7.00. The minimum Gasteiger partial charge on any atom is -0.479 e. The second-order valence-electron chi connectivity index (χ2n) is 9.55. The van der Waals surface area contributed by atoms with Crippen LogP contribution in [-0.4, -0.2) is 60.3 Å². The van der Waals surface area contributed by atoms with Gasteiger partial charge in [-0.3, -0.25) is 4.79 Å². The average molecular weight is 518 g/mol. The van der Waals surface area contributed by atoms with Crippen LogP contribution >= 0.6 is 0 Å². The van der Waals surface area contributed by atoms with Crippen LogP contribution in [0, 0.1) is 0 Å². The number of rotatable bonds is 9. The van der Waals surface area contributed by atoms with Crippen molar-refractivity contribution in [2.45, 2.75) is 56.2 Å². The van der Waals surface area contributed by atoms with Crippen LogP contribution in [0.1, 0.15) is 30.5 Å². The first-order valence-corrected chi connectivity index (χ1v) is 12.7. The van der Waals surface area contributed by atoms with Gasteiger partial charge in [-0.2, -0.15) is 0 Å². The van der Waals surface area contributed by atoms with Gasteiger partial charge in [-0.25, -0.2) is 4.79 Å². The molecule has 2 aliphatic heterocycles. The van der Waals surface area contributed by atoms with Gasteiger partial charge in [0.2, 0.25) is 5.91 Å². The molecule has 3 aromatic rings. The van der Waals surface area contributed by atoms with Crippen LogP contribution in [0.5, 0.6) is 0 Å². The van der Waals surface area contributed by atoms with Crippen LogP contribution in [-0.2, 0) is 34.1 Å². The number of nitrogens with one attached hydrogen (secondary N) is 1. The minimum absolute atomic E-state index is 0.210. The number of hydrogen-bond donors (Lipinski definition) is 2. The molecule has 1 amide bonds. The predicted molar refractivity (Wildman–Crippen MR) is 138 cm³/mol. The van der Waals surface area contributed by atoms with Crippen LogP contribution in [0.25, 0.3) is 0 Å². The highest BCUT2D eigenvalue weighted by molar-refractivity contribution is 5.73. The van der Waals surface area contributed by atoms with Crippen molar-refractivity contribution in [3.63, 3.8) is 0 Å². The third-order valence-electron chi connectivity index (χ3n) is 7.00. The zero-order valence-electron chi connectivity index (χ0n) is 21.2. The molecule has 2 N–H and O–H groups in total. The summed E-state index contributed by atoms with van der Waals surface area (Å²) in [6.45, 7) is 3.05. The Hall–Kier alpha value is -3.56. The van der Waals surface area contributed by atoms with Crippen molar-refractivity contribution in [2.24, 2.45) is 0 Å². The zero-order valence-corrected chi connectivity index (χ0v) is 21.2. The van der Waals surface area contributed by atoms with Crippen LogP contribution < -0.4 is 5.32 Å². The Morgan fingerprint density at radius 2 is 1.39 bits per heavy atom. The first-order valence-electron chi connectivity index (χ1n) is 12.7. The molecule has 0 radical (unpaired) electrons. The Labute approximate surface area is 221 Å². The summed E-state index contributed by atoms with van der Waals surface area (Å²) in [6, 6.07) is 28.7. The van der Waals surface area contributed by atoms with E-state index in [-0.39, 0.29) is 12.5 Å². The quantitative estimate of drug-likeness (QED) is 0.419. The van der Waals surface area contributed by atoms with Gasteiger partial charge >= 0.3 is 5.97 Å². The molecule has 2 saturated heterocycles. The van der Waals surface area contributed by atoms with Gasteiger partial charge in [0.1, 0.15) is 30.0 Å². The molecule has 3 aromatic carbocycles. The summed E-state index contributed by atoms with van der Waals surface area (Å²) in [5.74, 6) is -1.44. The van der Waals surface area contributed by atoms with E-state index >= 15 is 0 Å². The average Bonchev–Trinajstić information content (AvgIpc) is 3.38. The van der Waals surface area contributed by atoms with Gasteiger partial charge in [-0.1, -0.05) is 91.0 Å². The number of ether oxygens (including phenoxy) is 4. The topological polar surface area (TPSA) is 103 Å². The number of carbonyl (C=O) groups is 2. The molecule has 38 heavy (non-hydrogen) atoms. The highest BCUT2D eigenvalue weighted by Crippen LogP contribution is 2.45. The van der Waals surface area contributed by atoms with Crippen molar-refractivity contribution < 1.29 is 33.6 Å². The number of aliphatic carboxylic acids is 1. The van der Waals surface area contributed by atoms with Gasteiger partial charge < -0.3 is 29.4 Å². The van der Waals surface area contributed by atoms with Gasteiger partial charge in [0, 0.05) is 6.92 Å². The van der Waals surface area contributed by atoms with Gasteiger partial charge in [-0.05, 0) is 23.6 Å². The largest absolute Gasteiger partial charge is 0.479 e. The molecule has 198 valence electrons. The first-order chi connectivity index (χ1) is 18.4. The van der Waals surface area contributed by atoms with Crippen molar-refractivity contribution in [2.75, 3.05) is 6.61 Å². The molecular weight excluding hydrogens is 486 g/mol. The fourth-order valence-electron chi connectivity index (χ4n) is 5.28. The first kappa shape index (κ1) is 26.1. The van der Waals surface area contributed by atoms with Crippen LogP contribution in [0.15, 0.2) is 91.0 Å². The summed E-state index contributed by atoms with van der Waals surface area (Å²) in [4.78, 5) is 24.0. The summed E-state index contributed by atoms with van der Waals surface area (Å²) >= 11 is 0. The predicted octanol–water partition coefficient (Wildman–Crippen LogP) is 3.48. The lowest BCUT2D eigenvalue weighted by Crippen LogP contribution is -2.64. The second kappa shape index (κ2) is 11.0. The Balaban J connectivity index is 1.68. The standard InChI is InChI=1S/C30H31NO7/c1-19(28(33)34)36-27-25(31-20(2)32)29-35-18-24(37-29)26(27)38-30(21-12-6-3-7-13-21,22-14-8-4-9-15-22)23-16-10-5-11-17-23/h3-17,19,24-27,29H,18H2,1-2H3,(H,31,32)(H,33,34)/t19-,24-,25-,26-,27-,29-/m1/s1. The molecule has 6 atom stereocenters. The van der Waals surface area contributed by atoms with Crippen molar-refractivity contribution >= 4 is 11.9 Å². The summed E-state index contributed by atoms with van der Waals surface area (Å²) in [5.41, 5.74) is 1.51. The summed E-state index contributed by atoms with van der Waals surface area (Å²) in [7, 11) is 0. The smallest absolute Gasteiger partial charge is 0.332 e. The van der Waals surface area contributed by atoms with E-state index < -0.39 is 48.3 Å². The van der Waals surface area contributed by atoms with Gasteiger partial charge in [0.15, 0.2) is 12.4 Å². The Kier molecular flexibility index (Phi) is 7.58. The van der Waals surface area contributed by atoms with Crippen LogP contribution in [0.2, 0.25) is 0 Å². The molecule has 0 unspecified atom stereocenters. The van der Waals surface area contributed by atoms with E-state index in [0.717, 1.165) is 16.7 Å². The lowest BCUT2D eigenvalue weighted by molar-refractivity contribution is -0.240. The van der Waals surface area contributed by atoms with E-state index in [4.69, 9.17) is 18.9 Å². The maximum atomic E-state index is 12.2. The van der Waals surface area contributed by atoms with Gasteiger partial charge in [-0.15, -0.1) is 0 Å². The highest BCUT2D eigenvalue weighted by atomic mass is 16.7. The molecule has 8 heteroatoms. The number of fused-ring (bicyclic) bond motifs is 2.